The van der Waals surface area contributed by atoms with E-state index in [2.05, 4.69) is 42.2 Å². The Labute approximate surface area is 151 Å². The number of hydrogen-bond acceptors (Lipinski definition) is 4. The van der Waals surface area contributed by atoms with Crippen LogP contribution in [-0.2, 0) is 11.2 Å². The number of likely N-dealkylation sites (N-methyl/N-ethyl adjacent to an activating group) is 1. The van der Waals surface area contributed by atoms with E-state index in [0.29, 0.717) is 12.5 Å². The first kappa shape index (κ1) is 19.7. The Morgan fingerprint density at radius 3 is 2.68 bits per heavy atom. The van der Waals surface area contributed by atoms with Gasteiger partial charge in [-0.15, -0.1) is 0 Å². The van der Waals surface area contributed by atoms with Crippen LogP contribution < -0.4 is 5.73 Å². The smallest absolute Gasteiger partial charge is 0.178 e. The van der Waals surface area contributed by atoms with Gasteiger partial charge in [0.05, 0.1) is 12.3 Å². The quantitative estimate of drug-likeness (QED) is 0.723. The first-order valence-electron chi connectivity index (χ1n) is 9.24. The maximum absolute atomic E-state index is 12.5. The normalized spacial score (nSPS) is 19.6. The van der Waals surface area contributed by atoms with Crippen LogP contribution in [0.3, 0.4) is 0 Å². The number of aliphatic hydroxyl groups is 1. The van der Waals surface area contributed by atoms with Gasteiger partial charge in [0, 0.05) is 25.0 Å². The maximum Gasteiger partial charge on any atom is 0.178 e. The number of rotatable bonds is 9. The lowest BCUT2D eigenvalue weighted by molar-refractivity contribution is -0.117. The Morgan fingerprint density at radius 2 is 2.04 bits per heavy atom. The minimum atomic E-state index is -0.540. The van der Waals surface area contributed by atoms with Crippen LogP contribution in [0.5, 0.6) is 0 Å². The molecule has 0 saturated heterocycles. The lowest BCUT2D eigenvalue weighted by Gasteiger charge is -2.28. The molecule has 4 heteroatoms. The second kappa shape index (κ2) is 8.63. The van der Waals surface area contributed by atoms with Crippen molar-refractivity contribution in [2.24, 2.45) is 5.73 Å². The van der Waals surface area contributed by atoms with Gasteiger partial charge in [-0.3, -0.25) is 4.79 Å². The molecule has 1 aromatic carbocycles. The molecular weight excluding hydrogens is 312 g/mol. The largest absolute Gasteiger partial charge is 0.394 e. The molecule has 2 rings (SSSR count). The molecule has 0 aromatic heterocycles. The number of carbonyl (C=O) groups is 1. The maximum atomic E-state index is 12.5. The topological polar surface area (TPSA) is 66.6 Å². The van der Waals surface area contributed by atoms with Crippen molar-refractivity contribution in [2.75, 3.05) is 13.7 Å². The molecule has 4 nitrogen and oxygen atoms in total. The molecule has 1 aromatic rings. The highest BCUT2D eigenvalue weighted by Crippen LogP contribution is 2.27. The summed E-state index contributed by atoms with van der Waals surface area (Å²) in [7, 11) is 1.99. The number of ketones is 1. The second-order valence-corrected chi connectivity index (χ2v) is 7.70. The molecule has 25 heavy (non-hydrogen) atoms. The Balaban J connectivity index is 1.77. The third-order valence-corrected chi connectivity index (χ3v) is 5.20. The molecule has 0 aliphatic carbocycles. The molecule has 0 amide bonds. The third-order valence-electron chi connectivity index (χ3n) is 5.20. The summed E-state index contributed by atoms with van der Waals surface area (Å²) in [5.41, 5.74) is 8.87. The van der Waals surface area contributed by atoms with Crippen molar-refractivity contribution < 1.29 is 9.90 Å². The fourth-order valence-electron chi connectivity index (χ4n) is 3.28. The summed E-state index contributed by atoms with van der Waals surface area (Å²) < 4.78 is 0. The summed E-state index contributed by atoms with van der Waals surface area (Å²) in [6.45, 7) is 3.94. The van der Waals surface area contributed by atoms with E-state index in [-0.39, 0.29) is 12.4 Å². The van der Waals surface area contributed by atoms with Gasteiger partial charge in [-0.05, 0) is 51.5 Å². The van der Waals surface area contributed by atoms with Gasteiger partial charge in [-0.2, -0.15) is 0 Å². The van der Waals surface area contributed by atoms with Crippen molar-refractivity contribution >= 4 is 5.78 Å². The molecule has 1 aliphatic rings. The Kier molecular flexibility index (Phi) is 6.79. The SMILES string of the molecule is Cc1ccc(CCCC(=O)C2=CCC(CC[C@@](C)(N)CO)N2C)cc1. The molecule has 3 N–H and O–H groups in total. The van der Waals surface area contributed by atoms with Gasteiger partial charge in [0.1, 0.15) is 0 Å². The van der Waals surface area contributed by atoms with E-state index in [1.165, 1.54) is 11.1 Å². The number of carbonyl (C=O) groups excluding carboxylic acids is 1. The van der Waals surface area contributed by atoms with Crippen LogP contribution >= 0.6 is 0 Å². The first-order chi connectivity index (χ1) is 11.8. The number of Topliss-reactive ketones (excluding diaryl/α,β-unsaturated/α-hetero) is 1. The third kappa shape index (κ3) is 5.68. The zero-order valence-corrected chi connectivity index (χ0v) is 15.8. The van der Waals surface area contributed by atoms with Crippen LogP contribution in [-0.4, -0.2) is 41.0 Å². The highest BCUT2D eigenvalue weighted by molar-refractivity contribution is 5.95. The van der Waals surface area contributed by atoms with E-state index in [0.717, 1.165) is 37.8 Å². The molecule has 0 bridgehead atoms. The summed E-state index contributed by atoms with van der Waals surface area (Å²) in [4.78, 5) is 14.6. The van der Waals surface area contributed by atoms with Crippen molar-refractivity contribution in [3.8, 4) is 0 Å². The van der Waals surface area contributed by atoms with Gasteiger partial charge in [0.25, 0.3) is 0 Å². The van der Waals surface area contributed by atoms with Crippen molar-refractivity contribution in [3.63, 3.8) is 0 Å². The molecule has 1 unspecified atom stereocenters. The molecule has 0 fully saturated rings. The van der Waals surface area contributed by atoms with Gasteiger partial charge in [0.2, 0.25) is 0 Å². The highest BCUT2D eigenvalue weighted by atomic mass is 16.3. The molecule has 138 valence electrons. The fourth-order valence-corrected chi connectivity index (χ4v) is 3.28. The molecule has 1 heterocycles. The Hall–Kier alpha value is -1.65. The van der Waals surface area contributed by atoms with E-state index in [1.807, 2.05) is 14.0 Å². The van der Waals surface area contributed by atoms with Crippen LogP contribution in [0.25, 0.3) is 0 Å². The van der Waals surface area contributed by atoms with Crippen LogP contribution in [0.2, 0.25) is 0 Å². The zero-order valence-electron chi connectivity index (χ0n) is 15.8. The summed E-state index contributed by atoms with van der Waals surface area (Å²) >= 11 is 0. The lowest BCUT2D eigenvalue weighted by atomic mass is 9.95. The number of nitrogens with two attached hydrogens (primary N) is 1. The minimum Gasteiger partial charge on any atom is -0.394 e. The average Bonchev–Trinajstić information content (AvgIpc) is 2.96. The summed E-state index contributed by atoms with van der Waals surface area (Å²) in [5.74, 6) is 0.231. The number of nitrogens with zero attached hydrogens (tertiary/aromatic N) is 1. The zero-order chi connectivity index (χ0) is 18.4. The van der Waals surface area contributed by atoms with Crippen LogP contribution in [0.15, 0.2) is 36.0 Å². The molecule has 0 radical (unpaired) electrons. The van der Waals surface area contributed by atoms with Crippen molar-refractivity contribution in [2.45, 2.75) is 64.0 Å². The van der Waals surface area contributed by atoms with Crippen molar-refractivity contribution in [3.05, 3.63) is 47.2 Å². The Bertz CT molecular complexity index is 605. The van der Waals surface area contributed by atoms with E-state index < -0.39 is 5.54 Å². The van der Waals surface area contributed by atoms with Crippen LogP contribution in [0, 0.1) is 6.92 Å². The molecule has 0 spiro atoms. The highest BCUT2D eigenvalue weighted by Gasteiger charge is 2.28. The fraction of sp³-hybridized carbons (Fsp3) is 0.571. The minimum absolute atomic E-state index is 0.0122. The monoisotopic (exact) mass is 344 g/mol. The van der Waals surface area contributed by atoms with Gasteiger partial charge in [-0.1, -0.05) is 35.9 Å². The van der Waals surface area contributed by atoms with E-state index in [9.17, 15) is 9.90 Å². The number of allylic oxidation sites excluding steroid dienone is 1. The summed E-state index contributed by atoms with van der Waals surface area (Å²) in [6.07, 6.45) is 6.99. The van der Waals surface area contributed by atoms with Gasteiger partial charge in [0.15, 0.2) is 5.78 Å². The first-order valence-corrected chi connectivity index (χ1v) is 9.24. The standard InChI is InChI=1S/C21H32N2O2/c1-16-7-9-17(10-8-16)5-4-6-20(25)19-12-11-18(23(19)3)13-14-21(2,22)15-24/h7-10,12,18,24H,4-6,11,13-15,22H2,1-3H3/t18?,21-/m1/s1. The molecular formula is C21H32N2O2. The average molecular weight is 344 g/mol. The number of aryl methyl sites for hydroxylation is 2. The number of benzene rings is 1. The Morgan fingerprint density at radius 1 is 1.36 bits per heavy atom. The van der Waals surface area contributed by atoms with E-state index in [1.54, 1.807) is 0 Å². The predicted octanol–water partition coefficient (Wildman–Crippen LogP) is 2.96. The molecule has 2 atom stereocenters. The van der Waals surface area contributed by atoms with Gasteiger partial charge >= 0.3 is 0 Å². The molecule has 1 aliphatic heterocycles. The summed E-state index contributed by atoms with van der Waals surface area (Å²) in [5, 5.41) is 9.27. The van der Waals surface area contributed by atoms with E-state index in [4.69, 9.17) is 5.73 Å². The van der Waals surface area contributed by atoms with Crippen LogP contribution in [0.4, 0.5) is 0 Å². The van der Waals surface area contributed by atoms with E-state index >= 15 is 0 Å². The van der Waals surface area contributed by atoms with Crippen LogP contribution in [0.1, 0.15) is 50.2 Å². The van der Waals surface area contributed by atoms with Crippen molar-refractivity contribution in [1.82, 2.24) is 4.90 Å². The van der Waals surface area contributed by atoms with Gasteiger partial charge < -0.3 is 15.7 Å². The lowest BCUT2D eigenvalue weighted by Crippen LogP contribution is -2.42. The summed E-state index contributed by atoms with van der Waals surface area (Å²) in [6, 6.07) is 8.83. The molecule has 0 saturated carbocycles. The predicted molar refractivity (Wildman–Crippen MR) is 102 cm³/mol. The second-order valence-electron chi connectivity index (χ2n) is 7.70. The van der Waals surface area contributed by atoms with Gasteiger partial charge in [-0.25, -0.2) is 0 Å². The van der Waals surface area contributed by atoms with Crippen molar-refractivity contribution in [1.29, 1.82) is 0 Å². The number of hydrogen-bond donors (Lipinski definition) is 2. The number of aliphatic hydroxyl groups excluding tert-OH is 1.